The molecule has 8 heteroatoms. The fraction of sp³-hybridized carbons (Fsp3) is 0.294. The zero-order valence-corrected chi connectivity index (χ0v) is 14.3. The fourth-order valence-corrected chi connectivity index (χ4v) is 2.55. The van der Waals surface area contributed by atoms with Crippen LogP contribution >= 0.6 is 0 Å². The number of hydrogen-bond donors (Lipinski definition) is 0. The van der Waals surface area contributed by atoms with Gasteiger partial charge in [-0.05, 0) is 20.2 Å². The van der Waals surface area contributed by atoms with Gasteiger partial charge in [0.1, 0.15) is 17.8 Å². The summed E-state index contributed by atoms with van der Waals surface area (Å²) in [7, 11) is 3.90. The summed E-state index contributed by atoms with van der Waals surface area (Å²) in [6, 6.07) is 1.78. The third-order valence-corrected chi connectivity index (χ3v) is 3.68. The molecule has 0 atom stereocenters. The van der Waals surface area contributed by atoms with E-state index in [0.717, 1.165) is 17.7 Å². The van der Waals surface area contributed by atoms with Crippen molar-refractivity contribution in [2.45, 2.75) is 20.0 Å². The van der Waals surface area contributed by atoms with Gasteiger partial charge in [-0.2, -0.15) is 5.10 Å². The monoisotopic (exact) mass is 338 g/mol. The first-order valence-electron chi connectivity index (χ1n) is 7.76. The second kappa shape index (κ2) is 6.86. The van der Waals surface area contributed by atoms with Gasteiger partial charge in [0.2, 0.25) is 0 Å². The summed E-state index contributed by atoms with van der Waals surface area (Å²) in [6.45, 7) is 2.18. The van der Waals surface area contributed by atoms with Gasteiger partial charge in [0.25, 0.3) is 0 Å². The van der Waals surface area contributed by atoms with Gasteiger partial charge in [0, 0.05) is 30.3 Å². The summed E-state index contributed by atoms with van der Waals surface area (Å²) >= 11 is 0. The van der Waals surface area contributed by atoms with Gasteiger partial charge < -0.3 is 9.69 Å². The van der Waals surface area contributed by atoms with Crippen LogP contribution in [0.4, 0.5) is 0 Å². The molecule has 0 amide bonds. The summed E-state index contributed by atoms with van der Waals surface area (Å²) in [6.07, 6.45) is 5.77. The van der Waals surface area contributed by atoms with Crippen molar-refractivity contribution in [1.29, 1.82) is 0 Å². The molecule has 0 aliphatic heterocycles. The van der Waals surface area contributed by atoms with Gasteiger partial charge in [-0.1, -0.05) is 0 Å². The number of rotatable bonds is 6. The summed E-state index contributed by atoms with van der Waals surface area (Å²) in [4.78, 5) is 37.7. The van der Waals surface area contributed by atoms with Crippen molar-refractivity contribution >= 4 is 23.0 Å². The molecule has 0 saturated carbocycles. The average Bonchev–Trinajstić information content (AvgIpc) is 2.94. The van der Waals surface area contributed by atoms with E-state index in [4.69, 9.17) is 0 Å². The Kier molecular flexibility index (Phi) is 4.62. The van der Waals surface area contributed by atoms with E-state index in [9.17, 15) is 9.59 Å². The fourth-order valence-electron chi connectivity index (χ4n) is 2.55. The highest BCUT2D eigenvalue weighted by Gasteiger charge is 2.16. The third kappa shape index (κ3) is 3.43. The quantitative estimate of drug-likeness (QED) is 0.494. The van der Waals surface area contributed by atoms with Crippen LogP contribution in [0.2, 0.25) is 0 Å². The van der Waals surface area contributed by atoms with E-state index in [0.29, 0.717) is 28.8 Å². The van der Waals surface area contributed by atoms with Crippen LogP contribution in [0.5, 0.6) is 0 Å². The van der Waals surface area contributed by atoms with Gasteiger partial charge in [0.15, 0.2) is 5.78 Å². The molecule has 0 radical (unpaired) electrons. The van der Waals surface area contributed by atoms with Crippen LogP contribution in [-0.2, 0) is 17.9 Å². The van der Waals surface area contributed by atoms with Gasteiger partial charge in [0.05, 0.1) is 30.5 Å². The van der Waals surface area contributed by atoms with Crippen LogP contribution in [0.25, 0.3) is 22.2 Å². The Morgan fingerprint density at radius 3 is 2.52 bits per heavy atom. The molecule has 128 valence electrons. The van der Waals surface area contributed by atoms with Crippen LogP contribution < -0.4 is 0 Å². The largest absolute Gasteiger partial charge is 0.302 e. The summed E-state index contributed by atoms with van der Waals surface area (Å²) < 4.78 is 1.48. The standard InChI is InChI=1S/C17H18N6O2/c1-11(25)17-13-6-14(18-9-15(13)23(21-17)4-5-24)12-7-19-16(20-8-12)10-22(2)3/h5-9H,4,10H2,1-3H3. The second-order valence-electron chi connectivity index (χ2n) is 5.97. The molecule has 0 saturated heterocycles. The van der Waals surface area contributed by atoms with Crippen molar-refractivity contribution in [1.82, 2.24) is 29.6 Å². The Morgan fingerprint density at radius 2 is 1.92 bits per heavy atom. The molecular weight excluding hydrogens is 320 g/mol. The number of hydrogen-bond acceptors (Lipinski definition) is 7. The molecule has 0 N–H and O–H groups in total. The van der Waals surface area contributed by atoms with Crippen molar-refractivity contribution in [3.63, 3.8) is 0 Å². The molecule has 0 fully saturated rings. The molecular formula is C17H18N6O2. The number of ketones is 1. The van der Waals surface area contributed by atoms with Gasteiger partial charge in [-0.3, -0.25) is 14.5 Å². The van der Waals surface area contributed by atoms with Gasteiger partial charge in [-0.15, -0.1) is 0 Å². The average molecular weight is 338 g/mol. The number of aldehydes is 1. The Labute approximate surface area is 144 Å². The predicted molar refractivity (Wildman–Crippen MR) is 92.0 cm³/mol. The maximum Gasteiger partial charge on any atom is 0.180 e. The summed E-state index contributed by atoms with van der Waals surface area (Å²) in [5, 5.41) is 4.88. The van der Waals surface area contributed by atoms with E-state index in [1.807, 2.05) is 19.0 Å². The molecule has 3 aromatic heterocycles. The summed E-state index contributed by atoms with van der Waals surface area (Å²) in [5.41, 5.74) is 2.37. The van der Waals surface area contributed by atoms with E-state index in [1.165, 1.54) is 11.6 Å². The van der Waals surface area contributed by atoms with Crippen molar-refractivity contribution in [2.24, 2.45) is 0 Å². The highest BCUT2D eigenvalue weighted by molar-refractivity contribution is 6.05. The topological polar surface area (TPSA) is 93.9 Å². The number of carbonyl (C=O) groups is 2. The highest BCUT2D eigenvalue weighted by Crippen LogP contribution is 2.24. The lowest BCUT2D eigenvalue weighted by Crippen LogP contribution is -2.13. The zero-order valence-electron chi connectivity index (χ0n) is 14.3. The predicted octanol–water partition coefficient (Wildman–Crippen LogP) is 1.35. The molecule has 3 aromatic rings. The Bertz CT molecular complexity index is 930. The van der Waals surface area contributed by atoms with E-state index in [2.05, 4.69) is 20.1 Å². The van der Waals surface area contributed by atoms with E-state index >= 15 is 0 Å². The minimum absolute atomic E-state index is 0.0765. The smallest absolute Gasteiger partial charge is 0.180 e. The maximum absolute atomic E-state index is 11.9. The molecule has 0 bridgehead atoms. The molecule has 0 spiro atoms. The van der Waals surface area contributed by atoms with Crippen molar-refractivity contribution < 1.29 is 9.59 Å². The lowest BCUT2D eigenvalue weighted by atomic mass is 10.1. The molecule has 0 unspecified atom stereocenters. The molecule has 0 aromatic carbocycles. The summed E-state index contributed by atoms with van der Waals surface area (Å²) in [5.74, 6) is 0.558. The number of carbonyl (C=O) groups excluding carboxylic acids is 2. The van der Waals surface area contributed by atoms with E-state index in [-0.39, 0.29) is 12.3 Å². The minimum Gasteiger partial charge on any atom is -0.302 e. The Hall–Kier alpha value is -3.00. The first-order chi connectivity index (χ1) is 12.0. The van der Waals surface area contributed by atoms with Crippen molar-refractivity contribution in [3.8, 4) is 11.3 Å². The molecule has 3 heterocycles. The van der Waals surface area contributed by atoms with Crippen LogP contribution in [0.1, 0.15) is 23.2 Å². The number of fused-ring (bicyclic) bond motifs is 1. The number of aromatic nitrogens is 5. The first kappa shape index (κ1) is 16.8. The third-order valence-electron chi connectivity index (χ3n) is 3.68. The molecule has 25 heavy (non-hydrogen) atoms. The first-order valence-corrected chi connectivity index (χ1v) is 7.76. The second-order valence-corrected chi connectivity index (χ2v) is 5.97. The van der Waals surface area contributed by atoms with Crippen molar-refractivity contribution in [3.05, 3.63) is 36.2 Å². The zero-order chi connectivity index (χ0) is 18.0. The van der Waals surface area contributed by atoms with Crippen LogP contribution in [0, 0.1) is 0 Å². The number of nitrogens with zero attached hydrogens (tertiary/aromatic N) is 6. The minimum atomic E-state index is -0.163. The highest BCUT2D eigenvalue weighted by atomic mass is 16.1. The lowest BCUT2D eigenvalue weighted by molar-refractivity contribution is -0.108. The molecule has 0 aliphatic carbocycles. The maximum atomic E-state index is 11.9. The molecule has 0 aliphatic rings. The van der Waals surface area contributed by atoms with Crippen LogP contribution in [-0.4, -0.2) is 55.8 Å². The Balaban J connectivity index is 2.04. The van der Waals surface area contributed by atoms with Crippen LogP contribution in [0.15, 0.2) is 24.7 Å². The SMILES string of the molecule is CC(=O)c1nn(CC=O)c2cnc(-c3cnc(CN(C)C)nc3)cc12. The number of Topliss-reactive ketones (excluding diaryl/α,β-unsaturated/α-hetero) is 1. The van der Waals surface area contributed by atoms with Crippen LogP contribution in [0.3, 0.4) is 0 Å². The van der Waals surface area contributed by atoms with Gasteiger partial charge >= 0.3 is 0 Å². The number of pyridine rings is 1. The van der Waals surface area contributed by atoms with E-state index < -0.39 is 0 Å². The molecule has 8 nitrogen and oxygen atoms in total. The van der Waals surface area contributed by atoms with E-state index in [1.54, 1.807) is 24.7 Å². The normalized spacial score (nSPS) is 11.2. The molecule has 3 rings (SSSR count). The van der Waals surface area contributed by atoms with Gasteiger partial charge in [-0.25, -0.2) is 9.97 Å². The van der Waals surface area contributed by atoms with Crippen molar-refractivity contribution in [2.75, 3.05) is 14.1 Å². The Morgan fingerprint density at radius 1 is 1.20 bits per heavy atom. The lowest BCUT2D eigenvalue weighted by Gasteiger charge is -2.08.